The average Bonchev–Trinajstić information content (AvgIpc) is 2.58. The molecular formula is C17H25NO4. The van der Waals surface area contributed by atoms with Gasteiger partial charge in [-0.3, -0.25) is 4.79 Å². The molecule has 5 heteroatoms. The van der Waals surface area contributed by atoms with Crippen molar-refractivity contribution in [2.45, 2.75) is 57.5 Å². The number of cyclic esters (lactones) is 1. The fourth-order valence-corrected chi connectivity index (χ4v) is 2.55. The Morgan fingerprint density at radius 2 is 1.91 bits per heavy atom. The fraction of sp³-hybridized carbons (Fsp3) is 0.588. The van der Waals surface area contributed by atoms with Crippen LogP contribution in [0.5, 0.6) is 5.75 Å². The molecule has 22 heavy (non-hydrogen) atoms. The van der Waals surface area contributed by atoms with Crippen LogP contribution in [0.25, 0.3) is 0 Å². The van der Waals surface area contributed by atoms with Gasteiger partial charge < -0.3 is 19.9 Å². The predicted octanol–water partition coefficient (Wildman–Crippen LogP) is 2.41. The number of hydrogen-bond donors (Lipinski definition) is 1. The van der Waals surface area contributed by atoms with Crippen molar-refractivity contribution in [1.29, 1.82) is 0 Å². The van der Waals surface area contributed by atoms with E-state index in [0.29, 0.717) is 13.0 Å². The number of hydrogen-bond acceptors (Lipinski definition) is 5. The monoisotopic (exact) mass is 307 g/mol. The number of carbonyl (C=O) groups is 1. The lowest BCUT2D eigenvalue weighted by molar-refractivity contribution is -0.158. The van der Waals surface area contributed by atoms with Gasteiger partial charge in [-0.15, -0.1) is 0 Å². The number of methoxy groups -OCH3 is 1. The molecule has 3 atom stereocenters. The van der Waals surface area contributed by atoms with Crippen LogP contribution in [-0.2, 0) is 20.9 Å². The van der Waals surface area contributed by atoms with Gasteiger partial charge in [0.1, 0.15) is 17.9 Å². The van der Waals surface area contributed by atoms with Crippen LogP contribution in [0.1, 0.15) is 38.2 Å². The third kappa shape index (κ3) is 4.71. The molecule has 0 unspecified atom stereocenters. The average molecular weight is 307 g/mol. The molecule has 0 radical (unpaired) electrons. The Balaban J connectivity index is 1.92. The minimum absolute atomic E-state index is 0.101. The number of nitrogens with two attached hydrogens (primary N) is 1. The van der Waals surface area contributed by atoms with Crippen molar-refractivity contribution >= 4 is 5.97 Å². The van der Waals surface area contributed by atoms with E-state index in [4.69, 9.17) is 19.9 Å². The standard InChI is InChI=1S/C17H25NO4/c1-12-16(6-4-3-5-15(18)17(19)22-12)21-11-13-7-9-14(20-2)10-8-13/h7-10,12,15-16H,3-6,11,18H2,1-2H3/t12-,15-,16+/m0/s1. The van der Waals surface area contributed by atoms with Gasteiger partial charge in [-0.25, -0.2) is 0 Å². The van der Waals surface area contributed by atoms with Crippen molar-refractivity contribution in [3.8, 4) is 5.75 Å². The second kappa shape index (κ2) is 8.15. The zero-order valence-electron chi connectivity index (χ0n) is 13.3. The van der Waals surface area contributed by atoms with Crippen molar-refractivity contribution in [3.63, 3.8) is 0 Å². The van der Waals surface area contributed by atoms with Gasteiger partial charge >= 0.3 is 5.97 Å². The van der Waals surface area contributed by atoms with Gasteiger partial charge in [0.05, 0.1) is 19.8 Å². The van der Waals surface area contributed by atoms with Gasteiger partial charge in [0.2, 0.25) is 0 Å². The largest absolute Gasteiger partial charge is 0.497 e. The van der Waals surface area contributed by atoms with Crippen LogP contribution >= 0.6 is 0 Å². The topological polar surface area (TPSA) is 70.8 Å². The molecule has 1 aliphatic heterocycles. The summed E-state index contributed by atoms with van der Waals surface area (Å²) in [5.41, 5.74) is 6.86. The molecule has 1 aromatic rings. The molecule has 2 rings (SSSR count). The van der Waals surface area contributed by atoms with E-state index in [0.717, 1.165) is 30.6 Å². The van der Waals surface area contributed by atoms with Gasteiger partial charge in [0.25, 0.3) is 0 Å². The number of esters is 1. The van der Waals surface area contributed by atoms with E-state index >= 15 is 0 Å². The molecular weight excluding hydrogens is 282 g/mol. The lowest BCUT2D eigenvalue weighted by atomic mass is 10.1. The Labute approximate surface area is 131 Å². The smallest absolute Gasteiger partial charge is 0.323 e. The van der Waals surface area contributed by atoms with Gasteiger partial charge in [-0.2, -0.15) is 0 Å². The maximum Gasteiger partial charge on any atom is 0.323 e. The summed E-state index contributed by atoms with van der Waals surface area (Å²) in [6.07, 6.45) is 3.08. The summed E-state index contributed by atoms with van der Waals surface area (Å²) in [6, 6.07) is 7.25. The van der Waals surface area contributed by atoms with Crippen LogP contribution in [0.2, 0.25) is 0 Å². The van der Waals surface area contributed by atoms with E-state index in [9.17, 15) is 4.79 Å². The van der Waals surface area contributed by atoms with Crippen molar-refractivity contribution in [2.24, 2.45) is 5.73 Å². The molecule has 2 N–H and O–H groups in total. The van der Waals surface area contributed by atoms with E-state index in [1.807, 2.05) is 31.2 Å². The molecule has 0 aromatic heterocycles. The quantitative estimate of drug-likeness (QED) is 0.865. The van der Waals surface area contributed by atoms with Gasteiger partial charge in [0, 0.05) is 0 Å². The van der Waals surface area contributed by atoms with Crippen molar-refractivity contribution in [1.82, 2.24) is 0 Å². The third-order valence-electron chi connectivity index (χ3n) is 4.01. The lowest BCUT2D eigenvalue weighted by Gasteiger charge is -2.24. The highest BCUT2D eigenvalue weighted by atomic mass is 16.6. The zero-order chi connectivity index (χ0) is 15.9. The molecule has 1 saturated heterocycles. The van der Waals surface area contributed by atoms with E-state index in [-0.39, 0.29) is 18.2 Å². The summed E-state index contributed by atoms with van der Waals surface area (Å²) in [5.74, 6) is 0.495. The number of benzene rings is 1. The first-order valence-electron chi connectivity index (χ1n) is 7.80. The molecule has 122 valence electrons. The second-order valence-corrected chi connectivity index (χ2v) is 5.73. The highest BCUT2D eigenvalue weighted by Gasteiger charge is 2.26. The summed E-state index contributed by atoms with van der Waals surface area (Å²) in [4.78, 5) is 11.8. The number of rotatable bonds is 4. The summed E-state index contributed by atoms with van der Waals surface area (Å²) < 4.78 is 16.5. The van der Waals surface area contributed by atoms with Crippen LogP contribution in [0.4, 0.5) is 0 Å². The SMILES string of the molecule is COc1ccc(CO[C@@H]2CCCC[C@H](N)C(=O)O[C@H]2C)cc1. The fourth-order valence-electron chi connectivity index (χ4n) is 2.55. The van der Waals surface area contributed by atoms with Crippen LogP contribution in [0, 0.1) is 0 Å². The molecule has 0 saturated carbocycles. The van der Waals surface area contributed by atoms with Crippen LogP contribution in [0.15, 0.2) is 24.3 Å². The molecule has 5 nitrogen and oxygen atoms in total. The second-order valence-electron chi connectivity index (χ2n) is 5.73. The van der Waals surface area contributed by atoms with E-state index in [1.54, 1.807) is 7.11 Å². The van der Waals surface area contributed by atoms with Gasteiger partial charge in [0.15, 0.2) is 0 Å². The maximum atomic E-state index is 11.8. The summed E-state index contributed by atoms with van der Waals surface area (Å²) >= 11 is 0. The Morgan fingerprint density at radius 1 is 1.23 bits per heavy atom. The molecule has 1 aromatic carbocycles. The molecule has 1 aliphatic rings. The first kappa shape index (κ1) is 16.8. The third-order valence-corrected chi connectivity index (χ3v) is 4.01. The van der Waals surface area contributed by atoms with Gasteiger partial charge in [-0.1, -0.05) is 25.0 Å². The minimum atomic E-state index is -0.511. The molecule has 0 amide bonds. The summed E-state index contributed by atoms with van der Waals surface area (Å²) in [6.45, 7) is 2.36. The van der Waals surface area contributed by atoms with Crippen LogP contribution < -0.4 is 10.5 Å². The lowest BCUT2D eigenvalue weighted by Crippen LogP contribution is -2.37. The minimum Gasteiger partial charge on any atom is -0.497 e. The highest BCUT2D eigenvalue weighted by molar-refractivity contribution is 5.75. The number of ether oxygens (including phenoxy) is 3. The Kier molecular flexibility index (Phi) is 6.21. The van der Waals surface area contributed by atoms with Crippen molar-refractivity contribution in [3.05, 3.63) is 29.8 Å². The van der Waals surface area contributed by atoms with E-state index < -0.39 is 6.04 Å². The summed E-state index contributed by atoms with van der Waals surface area (Å²) in [5, 5.41) is 0. The van der Waals surface area contributed by atoms with Crippen molar-refractivity contribution < 1.29 is 19.0 Å². The van der Waals surface area contributed by atoms with Crippen LogP contribution in [-0.4, -0.2) is 31.3 Å². The molecule has 0 aliphatic carbocycles. The molecule has 1 fully saturated rings. The Bertz CT molecular complexity index is 474. The normalized spacial score (nSPS) is 26.5. The van der Waals surface area contributed by atoms with E-state index in [1.165, 1.54) is 0 Å². The highest BCUT2D eigenvalue weighted by Crippen LogP contribution is 2.19. The first-order valence-corrected chi connectivity index (χ1v) is 7.80. The van der Waals surface area contributed by atoms with Crippen LogP contribution in [0.3, 0.4) is 0 Å². The predicted molar refractivity (Wildman–Crippen MR) is 83.6 cm³/mol. The van der Waals surface area contributed by atoms with Crippen molar-refractivity contribution in [2.75, 3.05) is 7.11 Å². The number of carbonyl (C=O) groups excluding carboxylic acids is 1. The van der Waals surface area contributed by atoms with Gasteiger partial charge in [-0.05, 0) is 37.5 Å². The Morgan fingerprint density at radius 3 is 2.59 bits per heavy atom. The van der Waals surface area contributed by atoms with E-state index in [2.05, 4.69) is 0 Å². The first-order chi connectivity index (χ1) is 10.6. The molecule has 0 bridgehead atoms. The zero-order valence-corrected chi connectivity index (χ0v) is 13.3. The maximum absolute atomic E-state index is 11.8. The summed E-state index contributed by atoms with van der Waals surface area (Å²) in [7, 11) is 1.64. The molecule has 1 heterocycles. The Hall–Kier alpha value is -1.59. The molecule has 0 spiro atoms.